The van der Waals surface area contributed by atoms with Crippen molar-refractivity contribution in [3.05, 3.63) is 82.9 Å². The topological polar surface area (TPSA) is 67.9 Å². The number of rotatable bonds is 4. The van der Waals surface area contributed by atoms with Crippen LogP contribution in [0.3, 0.4) is 0 Å². The highest BCUT2D eigenvalue weighted by Gasteiger charge is 2.30. The number of nitrogens with zero attached hydrogens (tertiary/aromatic N) is 1. The molecule has 1 N–H and O–H groups in total. The van der Waals surface area contributed by atoms with E-state index in [-0.39, 0.29) is 17.4 Å². The summed E-state index contributed by atoms with van der Waals surface area (Å²) in [6.07, 6.45) is -4.26. The summed E-state index contributed by atoms with van der Waals surface area (Å²) in [5.41, 5.74) is 1.86. The zero-order valence-corrected chi connectivity index (χ0v) is 21.5. The summed E-state index contributed by atoms with van der Waals surface area (Å²) in [7, 11) is 1.41. The molecule has 2 amide bonds. The van der Waals surface area contributed by atoms with Gasteiger partial charge in [-0.2, -0.15) is 13.2 Å². The van der Waals surface area contributed by atoms with E-state index in [4.69, 9.17) is 9.47 Å². The first-order chi connectivity index (χ1) is 17.9. The molecule has 1 aliphatic rings. The van der Waals surface area contributed by atoms with E-state index in [1.165, 1.54) is 25.3 Å². The normalized spacial score (nSPS) is 13.3. The van der Waals surface area contributed by atoms with E-state index in [0.717, 1.165) is 23.3 Å². The number of carbonyl (C=O) groups excluding carboxylic acids is 2. The van der Waals surface area contributed by atoms with Gasteiger partial charge in [0.25, 0.3) is 5.91 Å². The number of halogens is 3. The van der Waals surface area contributed by atoms with E-state index < -0.39 is 23.2 Å². The Balaban J connectivity index is 1.56. The van der Waals surface area contributed by atoms with E-state index in [0.29, 0.717) is 36.3 Å². The highest BCUT2D eigenvalue weighted by molar-refractivity contribution is 6.09. The molecule has 0 saturated heterocycles. The number of anilines is 1. The van der Waals surface area contributed by atoms with E-state index in [2.05, 4.69) is 17.4 Å². The molecule has 3 aromatic carbocycles. The number of methoxy groups -OCH3 is 1. The third-order valence-electron chi connectivity index (χ3n) is 5.97. The third kappa shape index (κ3) is 6.02. The number of hydrogen-bond donors (Lipinski definition) is 1. The van der Waals surface area contributed by atoms with Crippen molar-refractivity contribution in [1.82, 2.24) is 4.90 Å². The molecule has 0 unspecified atom stereocenters. The van der Waals surface area contributed by atoms with Crippen LogP contribution in [0.15, 0.2) is 48.5 Å². The van der Waals surface area contributed by atoms with Gasteiger partial charge in [-0.3, -0.25) is 4.79 Å². The fourth-order valence-electron chi connectivity index (χ4n) is 4.18. The molecule has 3 aromatic rings. The van der Waals surface area contributed by atoms with Gasteiger partial charge in [-0.15, -0.1) is 0 Å². The summed E-state index contributed by atoms with van der Waals surface area (Å²) in [6, 6.07) is 16.9. The van der Waals surface area contributed by atoms with Gasteiger partial charge in [-0.1, -0.05) is 30.3 Å². The highest BCUT2D eigenvalue weighted by atomic mass is 19.4. The van der Waals surface area contributed by atoms with Crippen molar-refractivity contribution in [2.45, 2.75) is 45.5 Å². The van der Waals surface area contributed by atoms with Gasteiger partial charge >= 0.3 is 12.3 Å². The lowest BCUT2D eigenvalue weighted by atomic mass is 9.97. The predicted octanol–water partition coefficient (Wildman–Crippen LogP) is 6.53. The SMILES string of the molecule is COc1cc#cc(C(=O)Nc2ccc3c(c2)CCN(C(=O)OC(C)(C)C)C3)c1-c1ccc(C(F)(F)F)cc1. The van der Waals surface area contributed by atoms with Crippen molar-refractivity contribution in [3.63, 3.8) is 0 Å². The summed E-state index contributed by atoms with van der Waals surface area (Å²) in [5, 5.41) is 2.84. The Bertz CT molecular complexity index is 1350. The first-order valence-electron chi connectivity index (χ1n) is 11.9. The Morgan fingerprint density at radius 1 is 1.03 bits per heavy atom. The molecule has 0 bridgehead atoms. The minimum absolute atomic E-state index is 0.0814. The number of alkyl halides is 3. The average molecular weight is 525 g/mol. The lowest BCUT2D eigenvalue weighted by Crippen LogP contribution is -2.39. The van der Waals surface area contributed by atoms with Crippen LogP contribution < -0.4 is 10.1 Å². The van der Waals surface area contributed by atoms with E-state index in [1.54, 1.807) is 11.0 Å². The number of amides is 2. The quantitative estimate of drug-likeness (QED) is 0.422. The van der Waals surface area contributed by atoms with Gasteiger partial charge in [0.2, 0.25) is 0 Å². The Labute approximate surface area is 219 Å². The first-order valence-corrected chi connectivity index (χ1v) is 11.9. The summed E-state index contributed by atoms with van der Waals surface area (Å²) in [4.78, 5) is 27.4. The molecule has 0 atom stereocenters. The van der Waals surface area contributed by atoms with Gasteiger partial charge < -0.3 is 19.7 Å². The van der Waals surface area contributed by atoms with Crippen LogP contribution in [-0.4, -0.2) is 36.2 Å². The Hall–Kier alpha value is -4.19. The van der Waals surface area contributed by atoms with Gasteiger partial charge in [0.05, 0.1) is 12.7 Å². The van der Waals surface area contributed by atoms with Gasteiger partial charge in [-0.25, -0.2) is 4.79 Å². The molecule has 198 valence electrons. The molecule has 0 saturated carbocycles. The standard InChI is InChI=1S/C29H27F3N2O4/c1-28(2,3)38-27(36)34-15-14-19-16-22(13-10-20(19)17-34)33-26(35)23-6-5-7-24(37-4)25(23)18-8-11-21(12-9-18)29(30,31)32/h7-13,16H,14-15,17H2,1-4H3,(H,33,35). The Morgan fingerprint density at radius 3 is 2.37 bits per heavy atom. The van der Waals surface area contributed by atoms with Crippen molar-refractivity contribution in [2.75, 3.05) is 19.0 Å². The molecular formula is C29H27F3N2O4. The maximum absolute atomic E-state index is 13.3. The molecule has 0 radical (unpaired) electrons. The second-order valence-corrected chi connectivity index (χ2v) is 9.90. The van der Waals surface area contributed by atoms with Crippen LogP contribution in [-0.2, 0) is 23.9 Å². The number of carbonyl (C=O) groups is 2. The smallest absolute Gasteiger partial charge is 0.416 e. The molecule has 0 aromatic heterocycles. The summed E-state index contributed by atoms with van der Waals surface area (Å²) in [6.45, 7) is 6.33. The third-order valence-corrected chi connectivity index (χ3v) is 5.97. The molecule has 38 heavy (non-hydrogen) atoms. The minimum Gasteiger partial charge on any atom is -0.495 e. The number of ether oxygens (including phenoxy) is 2. The van der Waals surface area contributed by atoms with E-state index >= 15 is 0 Å². The van der Waals surface area contributed by atoms with Crippen molar-refractivity contribution < 1.29 is 32.2 Å². The van der Waals surface area contributed by atoms with Gasteiger partial charge in [0.1, 0.15) is 16.9 Å². The lowest BCUT2D eigenvalue weighted by molar-refractivity contribution is -0.137. The van der Waals surface area contributed by atoms with Gasteiger partial charge in [0.15, 0.2) is 0 Å². The van der Waals surface area contributed by atoms with Crippen molar-refractivity contribution >= 4 is 17.7 Å². The molecule has 0 spiro atoms. The van der Waals surface area contributed by atoms with Crippen LogP contribution in [0, 0.1) is 12.1 Å². The molecule has 6 nitrogen and oxygen atoms in total. The van der Waals surface area contributed by atoms with Crippen molar-refractivity contribution in [3.8, 4) is 16.9 Å². The molecule has 0 aliphatic carbocycles. The van der Waals surface area contributed by atoms with Crippen LogP contribution in [0.2, 0.25) is 0 Å². The Kier molecular flexibility index (Phi) is 7.27. The fourth-order valence-corrected chi connectivity index (χ4v) is 4.18. The highest BCUT2D eigenvalue weighted by Crippen LogP contribution is 2.36. The first kappa shape index (κ1) is 26.9. The zero-order chi connectivity index (χ0) is 27.7. The predicted molar refractivity (Wildman–Crippen MR) is 136 cm³/mol. The monoisotopic (exact) mass is 524 g/mol. The van der Waals surface area contributed by atoms with Crippen LogP contribution in [0.4, 0.5) is 23.7 Å². The van der Waals surface area contributed by atoms with Gasteiger partial charge in [-0.05, 0) is 68.1 Å². The zero-order valence-electron chi connectivity index (χ0n) is 21.5. The van der Waals surface area contributed by atoms with Crippen LogP contribution >= 0.6 is 0 Å². The number of benzene rings is 2. The van der Waals surface area contributed by atoms with Crippen molar-refractivity contribution in [2.24, 2.45) is 0 Å². The summed E-state index contributed by atoms with van der Waals surface area (Å²) >= 11 is 0. The molecule has 0 fully saturated rings. The molecule has 9 heteroatoms. The maximum atomic E-state index is 13.3. The largest absolute Gasteiger partial charge is 0.495 e. The lowest BCUT2D eigenvalue weighted by Gasteiger charge is -2.31. The van der Waals surface area contributed by atoms with Crippen LogP contribution in [0.5, 0.6) is 5.75 Å². The fraction of sp³-hybridized carbons (Fsp3) is 0.310. The van der Waals surface area contributed by atoms with Gasteiger partial charge in [0, 0.05) is 30.4 Å². The molecule has 4 rings (SSSR count). The van der Waals surface area contributed by atoms with Crippen LogP contribution in [0.1, 0.15) is 47.8 Å². The summed E-state index contributed by atoms with van der Waals surface area (Å²) in [5.74, 6) is -0.234. The number of hydrogen-bond acceptors (Lipinski definition) is 4. The van der Waals surface area contributed by atoms with E-state index in [9.17, 15) is 22.8 Å². The number of fused-ring (bicyclic) bond motifs is 1. The number of nitrogens with one attached hydrogen (secondary N) is 1. The average Bonchev–Trinajstić information content (AvgIpc) is 2.86. The Morgan fingerprint density at radius 2 is 1.74 bits per heavy atom. The molecular weight excluding hydrogens is 497 g/mol. The molecule has 1 heterocycles. The second-order valence-electron chi connectivity index (χ2n) is 9.90. The minimum atomic E-state index is -4.48. The van der Waals surface area contributed by atoms with Crippen LogP contribution in [0.25, 0.3) is 11.1 Å². The van der Waals surface area contributed by atoms with E-state index in [1.807, 2.05) is 32.9 Å². The molecule has 1 aliphatic heterocycles. The second kappa shape index (κ2) is 10.3. The maximum Gasteiger partial charge on any atom is 0.416 e. The van der Waals surface area contributed by atoms with Crippen molar-refractivity contribution in [1.29, 1.82) is 0 Å². The summed E-state index contributed by atoms with van der Waals surface area (Å²) < 4.78 is 50.0.